The fraction of sp³-hybridized carbons (Fsp3) is 0.135. The first-order valence-electron chi connectivity index (χ1n) is 20.6. The number of alkyl halides is 3. The third kappa shape index (κ3) is 8.06. The Bertz CT molecular complexity index is 3010. The second-order valence-electron chi connectivity index (χ2n) is 15.0. The number of aliphatic hydroxyl groups is 1. The number of aromatic nitrogens is 4. The van der Waals surface area contributed by atoms with Crippen molar-refractivity contribution < 1.29 is 32.5 Å². The number of nitrogens with zero attached hydrogens (tertiary/aromatic N) is 4. The second-order valence-corrected chi connectivity index (χ2v) is 15.0. The van der Waals surface area contributed by atoms with Crippen LogP contribution in [0.5, 0.6) is 11.5 Å². The van der Waals surface area contributed by atoms with Crippen LogP contribution >= 0.6 is 0 Å². The number of fused-ring (bicyclic) bond motifs is 2. The molecule has 0 amide bonds. The normalized spacial score (nSPS) is 12.2. The van der Waals surface area contributed by atoms with E-state index < -0.39 is 12.3 Å². The quantitative estimate of drug-likeness (QED) is 0.116. The lowest BCUT2D eigenvalue weighted by Gasteiger charge is -2.18. The van der Waals surface area contributed by atoms with E-state index in [9.17, 15) is 23.1 Å². The molecule has 2 aromatic heterocycles. The molecule has 4 heterocycles. The smallest absolute Gasteiger partial charge is 0.418 e. The van der Waals surface area contributed by atoms with E-state index in [4.69, 9.17) is 14.5 Å². The maximum Gasteiger partial charge on any atom is 0.418 e. The number of benzene rings is 5. The van der Waals surface area contributed by atoms with Gasteiger partial charge in [-0.1, -0.05) is 66.7 Å². The number of hydrogen-bond donors (Lipinski definition) is 1. The Hall–Kier alpha value is -7.50. The maximum absolute atomic E-state index is 14.4. The molecule has 1 unspecified atom stereocenters. The second kappa shape index (κ2) is 17.1. The van der Waals surface area contributed by atoms with Gasteiger partial charge in [-0.2, -0.15) is 13.2 Å². The summed E-state index contributed by atoms with van der Waals surface area (Å²) in [5.41, 5.74) is 7.20. The molecule has 0 spiro atoms. The minimum atomic E-state index is -4.97. The largest absolute Gasteiger partial charge is 0.494 e. The van der Waals surface area contributed by atoms with E-state index in [1.54, 1.807) is 65.2 Å². The highest BCUT2D eigenvalue weighted by molar-refractivity contribution is 6.09. The van der Waals surface area contributed by atoms with Gasteiger partial charge in [0, 0.05) is 57.8 Å². The fourth-order valence-corrected chi connectivity index (χ4v) is 8.09. The summed E-state index contributed by atoms with van der Waals surface area (Å²) >= 11 is 0. The summed E-state index contributed by atoms with van der Waals surface area (Å²) in [6.45, 7) is 5.40. The van der Waals surface area contributed by atoms with Crippen LogP contribution in [0.4, 0.5) is 13.2 Å². The van der Waals surface area contributed by atoms with E-state index in [1.165, 1.54) is 18.3 Å². The van der Waals surface area contributed by atoms with Crippen LogP contribution in [0, 0.1) is 0 Å². The van der Waals surface area contributed by atoms with Crippen LogP contribution in [0.1, 0.15) is 47.0 Å². The number of rotatable bonds is 13. The molecule has 5 aromatic carbocycles. The van der Waals surface area contributed by atoms with Gasteiger partial charge in [0.2, 0.25) is 0 Å². The van der Waals surface area contributed by atoms with Gasteiger partial charge in [0.1, 0.15) is 23.0 Å². The molecule has 11 heteroatoms. The average Bonchev–Trinajstić information content (AvgIpc) is 3.91. The number of hydrogen-bond acceptors (Lipinski definition) is 6. The number of carbonyl (C=O) groups is 1. The van der Waals surface area contributed by atoms with E-state index in [0.29, 0.717) is 47.9 Å². The van der Waals surface area contributed by atoms with Gasteiger partial charge in [-0.05, 0) is 121 Å². The van der Waals surface area contributed by atoms with Crippen LogP contribution in [0.25, 0.3) is 61.8 Å². The fourth-order valence-electron chi connectivity index (χ4n) is 8.09. The van der Waals surface area contributed by atoms with Gasteiger partial charge in [-0.25, -0.2) is 9.97 Å². The molecule has 314 valence electrons. The topological polar surface area (TPSA) is 91.4 Å². The van der Waals surface area contributed by atoms with E-state index in [0.717, 1.165) is 45.1 Å². The highest BCUT2D eigenvalue weighted by Gasteiger charge is 2.43. The van der Waals surface area contributed by atoms with Gasteiger partial charge in [0.25, 0.3) is 0 Å². The Kier molecular flexibility index (Phi) is 11.1. The van der Waals surface area contributed by atoms with Crippen molar-refractivity contribution in [2.45, 2.75) is 32.7 Å². The minimum Gasteiger partial charge on any atom is -0.494 e. The molecule has 1 N–H and O–H groups in total. The zero-order chi connectivity index (χ0) is 43.7. The van der Waals surface area contributed by atoms with Crippen molar-refractivity contribution in [3.63, 3.8) is 0 Å². The van der Waals surface area contributed by atoms with Crippen LogP contribution in [0.3, 0.4) is 0 Å². The van der Waals surface area contributed by atoms with E-state index in [1.807, 2.05) is 74.6 Å². The lowest BCUT2D eigenvalue weighted by molar-refractivity contribution is -0.206. The first kappa shape index (κ1) is 40.9. The summed E-state index contributed by atoms with van der Waals surface area (Å²) in [7, 11) is 0. The van der Waals surface area contributed by atoms with Crippen molar-refractivity contribution in [3.8, 4) is 62.2 Å². The summed E-state index contributed by atoms with van der Waals surface area (Å²) < 4.78 is 58.0. The molecule has 0 saturated heterocycles. The highest BCUT2D eigenvalue weighted by atomic mass is 19.4. The third-order valence-electron chi connectivity index (χ3n) is 11.0. The molecule has 1 atom stereocenters. The van der Waals surface area contributed by atoms with Gasteiger partial charge in [-0.15, -0.1) is 0 Å². The summed E-state index contributed by atoms with van der Waals surface area (Å²) in [5, 5.41) is 11.0. The van der Waals surface area contributed by atoms with Gasteiger partial charge in [0.15, 0.2) is 11.9 Å². The molecule has 8 nitrogen and oxygen atoms in total. The number of pyridine rings is 2. The standard InChI is InChI=1S/C52H41F3N4O4/c1-3-62-40-23-19-35(20-24-40)45-31-44-42(27-29-58(51(44)57-45)32-33-10-6-5-7-11-33)34-15-17-37(18-16-34)48(60)38-12-8-13-39(30-38)59-47(36-21-25-41(26-22-36)63-4-2)46(49(61)52(53,54)55)43-14-9-28-56-50(43)59/h5-31,49,61H,3-4,32H2,1-2H3. The Morgan fingerprint density at radius 2 is 1.37 bits per heavy atom. The molecule has 0 radical (unpaired) electrons. The van der Waals surface area contributed by atoms with Crippen molar-refractivity contribution in [2.75, 3.05) is 13.2 Å². The Morgan fingerprint density at radius 1 is 0.698 bits per heavy atom. The molecule has 9 rings (SSSR count). The molecule has 7 aromatic rings. The first-order valence-corrected chi connectivity index (χ1v) is 20.6. The van der Waals surface area contributed by atoms with Crippen LogP contribution in [0.15, 0.2) is 164 Å². The first-order chi connectivity index (χ1) is 30.6. The number of ketones is 1. The monoisotopic (exact) mass is 842 g/mol. The molecule has 63 heavy (non-hydrogen) atoms. The van der Waals surface area contributed by atoms with Crippen LogP contribution in [-0.4, -0.2) is 49.4 Å². The van der Waals surface area contributed by atoms with Gasteiger partial charge in [0.05, 0.1) is 24.6 Å². The zero-order valence-electron chi connectivity index (χ0n) is 34.4. The summed E-state index contributed by atoms with van der Waals surface area (Å²) in [6.07, 6.45) is -4.26. The van der Waals surface area contributed by atoms with Crippen molar-refractivity contribution in [1.82, 2.24) is 19.1 Å². The number of halogens is 3. The van der Waals surface area contributed by atoms with Crippen molar-refractivity contribution in [3.05, 3.63) is 186 Å². The van der Waals surface area contributed by atoms with E-state index >= 15 is 0 Å². The molecule has 2 aliphatic rings. The predicted molar refractivity (Wildman–Crippen MR) is 239 cm³/mol. The number of carbonyl (C=O) groups excluding carboxylic acids is 1. The van der Waals surface area contributed by atoms with Crippen LogP contribution in [0.2, 0.25) is 0 Å². The molecular formula is C52H41F3N4O4. The third-order valence-corrected chi connectivity index (χ3v) is 11.0. The Balaban J connectivity index is 1.08. The summed E-state index contributed by atoms with van der Waals surface area (Å²) in [4.78, 5) is 23.9. The summed E-state index contributed by atoms with van der Waals surface area (Å²) in [5.74, 6) is 1.87. The predicted octanol–water partition coefficient (Wildman–Crippen LogP) is 12.0. The van der Waals surface area contributed by atoms with Gasteiger partial charge >= 0.3 is 6.18 Å². The lowest BCUT2D eigenvalue weighted by Crippen LogP contribution is -2.20. The molecule has 0 fully saturated rings. The zero-order valence-corrected chi connectivity index (χ0v) is 34.4. The molecule has 0 aliphatic carbocycles. The van der Waals surface area contributed by atoms with Crippen molar-refractivity contribution in [1.29, 1.82) is 0 Å². The SMILES string of the molecule is CCOc1ccc(-c2cc3c(-c4ccc(C(=O)c5cccc(-n6c(-c7ccc(OCC)cc7)c(C(O)C(F)(F)F)c7cccnc76)c5)cc4)ccn(Cc4ccccc4)c-3n2)cc1. The minimum absolute atomic E-state index is 0.0949. The highest BCUT2D eigenvalue weighted by Crippen LogP contribution is 2.45. The van der Waals surface area contributed by atoms with Gasteiger partial charge < -0.3 is 19.1 Å². The maximum atomic E-state index is 14.4. The van der Waals surface area contributed by atoms with Crippen molar-refractivity contribution in [2.24, 2.45) is 0 Å². The molecule has 0 bridgehead atoms. The van der Waals surface area contributed by atoms with Crippen LogP contribution in [-0.2, 0) is 6.54 Å². The average molecular weight is 843 g/mol. The lowest BCUT2D eigenvalue weighted by atomic mass is 9.96. The van der Waals surface area contributed by atoms with Crippen molar-refractivity contribution >= 4 is 16.8 Å². The Labute approximate surface area is 361 Å². The number of ether oxygens (including phenoxy) is 2. The molecular weight excluding hydrogens is 802 g/mol. The van der Waals surface area contributed by atoms with E-state index in [2.05, 4.69) is 33.8 Å². The van der Waals surface area contributed by atoms with E-state index in [-0.39, 0.29) is 28.1 Å². The molecule has 2 aliphatic heterocycles. The molecule has 0 saturated carbocycles. The summed E-state index contributed by atoms with van der Waals surface area (Å²) in [6, 6.07) is 46.0. The van der Waals surface area contributed by atoms with Crippen LogP contribution < -0.4 is 9.47 Å². The van der Waals surface area contributed by atoms with Gasteiger partial charge in [-0.3, -0.25) is 9.36 Å². The Morgan fingerprint density at radius 3 is 2.03 bits per heavy atom. The number of aliphatic hydroxyl groups excluding tert-OH is 1.